The number of aryl methyl sites for hydroxylation is 1. The molecule has 0 saturated heterocycles. The number of carboxylic acid groups (broad SMARTS) is 1. The Kier molecular flexibility index (Phi) is 3.08. The molecule has 1 heterocycles. The van der Waals surface area contributed by atoms with E-state index in [1.807, 2.05) is 6.07 Å². The summed E-state index contributed by atoms with van der Waals surface area (Å²) in [7, 11) is 0. The minimum absolute atomic E-state index is 0.280. The van der Waals surface area contributed by atoms with E-state index in [0.29, 0.717) is 11.5 Å². The quantitative estimate of drug-likeness (QED) is 0.881. The Bertz CT molecular complexity index is 682. The zero-order chi connectivity index (χ0) is 14.4. The number of benzene rings is 1. The highest BCUT2D eigenvalue weighted by Crippen LogP contribution is 2.41. The van der Waals surface area contributed by atoms with Crippen molar-refractivity contribution in [3.63, 3.8) is 0 Å². The van der Waals surface area contributed by atoms with Gasteiger partial charge in [-0.15, -0.1) is 0 Å². The van der Waals surface area contributed by atoms with E-state index in [1.54, 1.807) is 6.07 Å². The largest absolute Gasteiger partial charge is 0.478 e. The van der Waals surface area contributed by atoms with Gasteiger partial charge in [0.1, 0.15) is 0 Å². The molecule has 0 radical (unpaired) electrons. The van der Waals surface area contributed by atoms with Crippen LogP contribution in [-0.2, 0) is 6.42 Å². The van der Waals surface area contributed by atoms with Crippen LogP contribution >= 0.6 is 0 Å². The van der Waals surface area contributed by atoms with Crippen LogP contribution in [-0.4, -0.2) is 15.6 Å². The molecule has 1 aromatic heterocycles. The van der Waals surface area contributed by atoms with Crippen molar-refractivity contribution < 1.29 is 9.90 Å². The van der Waals surface area contributed by atoms with Gasteiger partial charge < -0.3 is 9.67 Å². The van der Waals surface area contributed by atoms with Gasteiger partial charge >= 0.3 is 5.97 Å². The van der Waals surface area contributed by atoms with Crippen molar-refractivity contribution in [2.75, 3.05) is 0 Å². The number of carboxylic acids is 1. The van der Waals surface area contributed by atoms with Crippen LogP contribution in [0.25, 0.3) is 10.9 Å². The first-order valence-electron chi connectivity index (χ1n) is 7.41. The lowest BCUT2D eigenvalue weighted by atomic mass is 9.87. The number of nitrogens with zero attached hydrogens (tertiary/aromatic N) is 1. The number of fused-ring (bicyclic) bond motifs is 3. The highest BCUT2D eigenvalue weighted by Gasteiger charge is 2.28. The van der Waals surface area contributed by atoms with Crippen LogP contribution in [0.2, 0.25) is 0 Å². The molecule has 1 N–H and O–H groups in total. The Balaban J connectivity index is 2.46. The lowest BCUT2D eigenvalue weighted by Gasteiger charge is -2.24. The molecule has 3 nitrogen and oxygen atoms in total. The zero-order valence-electron chi connectivity index (χ0n) is 12.3. The average Bonchev–Trinajstić information content (AvgIpc) is 2.74. The van der Waals surface area contributed by atoms with Crippen LogP contribution in [0.15, 0.2) is 18.2 Å². The van der Waals surface area contributed by atoms with E-state index >= 15 is 0 Å². The second-order valence-corrected chi connectivity index (χ2v) is 6.13. The highest BCUT2D eigenvalue weighted by atomic mass is 16.4. The minimum atomic E-state index is -0.833. The Hall–Kier alpha value is -1.77. The normalized spacial score (nSPS) is 18.5. The number of hydrogen-bond donors (Lipinski definition) is 1. The molecule has 106 valence electrons. The Morgan fingerprint density at radius 2 is 2.15 bits per heavy atom. The van der Waals surface area contributed by atoms with Crippen LogP contribution in [0, 0.1) is 0 Å². The molecular formula is C17H21NO2. The van der Waals surface area contributed by atoms with Gasteiger partial charge in [0.25, 0.3) is 0 Å². The van der Waals surface area contributed by atoms with Crippen molar-refractivity contribution in [2.45, 2.75) is 52.0 Å². The standard InChI is InChI=1S/C17H21NO2/c1-10(2)18-15-11(3)6-4-7-12(15)13-8-5-9-14(16(13)18)17(19)20/h5,8-11H,4,6-7H2,1-3H3,(H,19,20). The van der Waals surface area contributed by atoms with E-state index in [0.717, 1.165) is 17.3 Å². The maximum absolute atomic E-state index is 11.6. The fourth-order valence-electron chi connectivity index (χ4n) is 3.68. The maximum Gasteiger partial charge on any atom is 0.337 e. The van der Waals surface area contributed by atoms with Crippen LogP contribution in [0.1, 0.15) is 67.2 Å². The first-order valence-corrected chi connectivity index (χ1v) is 7.41. The monoisotopic (exact) mass is 271 g/mol. The van der Waals surface area contributed by atoms with Crippen LogP contribution < -0.4 is 0 Å². The summed E-state index contributed by atoms with van der Waals surface area (Å²) in [6.07, 6.45) is 3.46. The second kappa shape index (κ2) is 4.65. The topological polar surface area (TPSA) is 42.2 Å². The number of aromatic carboxylic acids is 1. The Morgan fingerprint density at radius 1 is 1.40 bits per heavy atom. The lowest BCUT2D eigenvalue weighted by Crippen LogP contribution is -2.14. The molecule has 1 aliphatic carbocycles. The molecule has 0 bridgehead atoms. The van der Waals surface area contributed by atoms with E-state index in [4.69, 9.17) is 0 Å². The van der Waals surface area contributed by atoms with Gasteiger partial charge in [0.2, 0.25) is 0 Å². The fourth-order valence-corrected chi connectivity index (χ4v) is 3.68. The van der Waals surface area contributed by atoms with Crippen molar-refractivity contribution in [3.05, 3.63) is 35.0 Å². The van der Waals surface area contributed by atoms with E-state index in [9.17, 15) is 9.90 Å². The molecule has 0 amide bonds. The molecule has 2 aromatic rings. The van der Waals surface area contributed by atoms with Gasteiger partial charge in [-0.3, -0.25) is 0 Å². The summed E-state index contributed by atoms with van der Waals surface area (Å²) in [6.45, 7) is 6.54. The zero-order valence-corrected chi connectivity index (χ0v) is 12.3. The summed E-state index contributed by atoms with van der Waals surface area (Å²) in [5.74, 6) is -0.324. The van der Waals surface area contributed by atoms with Gasteiger partial charge in [0, 0.05) is 17.1 Å². The third-order valence-corrected chi connectivity index (χ3v) is 4.45. The second-order valence-electron chi connectivity index (χ2n) is 6.13. The van der Waals surface area contributed by atoms with Crippen molar-refractivity contribution in [1.82, 2.24) is 4.57 Å². The predicted molar refractivity (Wildman–Crippen MR) is 80.6 cm³/mol. The van der Waals surface area contributed by atoms with Crippen LogP contribution in [0.3, 0.4) is 0 Å². The molecule has 1 unspecified atom stereocenters. The third-order valence-electron chi connectivity index (χ3n) is 4.45. The molecule has 0 spiro atoms. The highest BCUT2D eigenvalue weighted by molar-refractivity contribution is 6.04. The molecule has 1 atom stereocenters. The predicted octanol–water partition coefficient (Wildman–Crippen LogP) is 4.36. The van der Waals surface area contributed by atoms with Crippen LogP contribution in [0.5, 0.6) is 0 Å². The molecular weight excluding hydrogens is 250 g/mol. The molecule has 1 aliphatic rings. The molecule has 0 fully saturated rings. The number of carbonyl (C=O) groups is 1. The van der Waals surface area contributed by atoms with Gasteiger partial charge in [-0.25, -0.2) is 4.79 Å². The van der Waals surface area contributed by atoms with Crippen molar-refractivity contribution in [2.24, 2.45) is 0 Å². The molecule has 0 aliphatic heterocycles. The number of para-hydroxylation sites is 1. The lowest BCUT2D eigenvalue weighted by molar-refractivity contribution is 0.0698. The van der Waals surface area contributed by atoms with Crippen molar-refractivity contribution in [1.29, 1.82) is 0 Å². The van der Waals surface area contributed by atoms with Gasteiger partial charge in [-0.05, 0) is 50.7 Å². The van der Waals surface area contributed by atoms with E-state index in [1.165, 1.54) is 24.1 Å². The number of aromatic nitrogens is 1. The van der Waals surface area contributed by atoms with Crippen molar-refractivity contribution >= 4 is 16.9 Å². The molecule has 3 heteroatoms. The Morgan fingerprint density at radius 3 is 2.80 bits per heavy atom. The van der Waals surface area contributed by atoms with Crippen LogP contribution in [0.4, 0.5) is 0 Å². The summed E-state index contributed by atoms with van der Waals surface area (Å²) < 4.78 is 2.26. The summed E-state index contributed by atoms with van der Waals surface area (Å²) in [4.78, 5) is 11.6. The van der Waals surface area contributed by atoms with E-state index in [2.05, 4.69) is 31.4 Å². The first kappa shape index (κ1) is 13.2. The van der Waals surface area contributed by atoms with Gasteiger partial charge in [0.05, 0.1) is 11.1 Å². The SMILES string of the molecule is CC1CCCc2c1n(C(C)C)c1c(C(=O)O)cccc21. The molecule has 20 heavy (non-hydrogen) atoms. The van der Waals surface area contributed by atoms with Crippen molar-refractivity contribution in [3.8, 4) is 0 Å². The smallest absolute Gasteiger partial charge is 0.337 e. The maximum atomic E-state index is 11.6. The van der Waals surface area contributed by atoms with Gasteiger partial charge in [-0.2, -0.15) is 0 Å². The summed E-state index contributed by atoms with van der Waals surface area (Å²) >= 11 is 0. The molecule has 3 rings (SSSR count). The van der Waals surface area contributed by atoms with E-state index < -0.39 is 5.97 Å². The number of rotatable bonds is 2. The summed E-state index contributed by atoms with van der Waals surface area (Å²) in [6, 6.07) is 5.95. The third kappa shape index (κ3) is 1.76. The number of hydrogen-bond acceptors (Lipinski definition) is 1. The van der Waals surface area contributed by atoms with Gasteiger partial charge in [-0.1, -0.05) is 19.1 Å². The minimum Gasteiger partial charge on any atom is -0.478 e. The molecule has 0 saturated carbocycles. The average molecular weight is 271 g/mol. The summed E-state index contributed by atoms with van der Waals surface area (Å²) in [5.41, 5.74) is 4.07. The van der Waals surface area contributed by atoms with E-state index in [-0.39, 0.29) is 6.04 Å². The fraction of sp³-hybridized carbons (Fsp3) is 0.471. The summed E-state index contributed by atoms with van der Waals surface area (Å²) in [5, 5.41) is 10.6. The first-order chi connectivity index (χ1) is 9.52. The Labute approximate surface area is 119 Å². The molecule has 1 aromatic carbocycles. The van der Waals surface area contributed by atoms with Gasteiger partial charge in [0.15, 0.2) is 0 Å².